The number of nitrogens with zero attached hydrogens (tertiary/aromatic N) is 2. The SMILES string of the molecule is COc1ccc(C(O)=C2C(=O)C(=O)N(c3nc4c(C)cc(C)cc4s3)C2c2cccc(OC)c2)cc1. The van der Waals surface area contributed by atoms with Gasteiger partial charge in [0.05, 0.1) is 36.1 Å². The van der Waals surface area contributed by atoms with E-state index in [1.165, 1.54) is 16.2 Å². The van der Waals surface area contributed by atoms with Crippen LogP contribution in [-0.2, 0) is 9.59 Å². The van der Waals surface area contributed by atoms with Gasteiger partial charge in [-0.2, -0.15) is 0 Å². The smallest absolute Gasteiger partial charge is 0.301 e. The van der Waals surface area contributed by atoms with Crippen LogP contribution in [-0.4, -0.2) is 36.0 Å². The van der Waals surface area contributed by atoms with Gasteiger partial charge in [-0.25, -0.2) is 4.98 Å². The summed E-state index contributed by atoms with van der Waals surface area (Å²) in [4.78, 5) is 33.0. The topological polar surface area (TPSA) is 89.0 Å². The molecule has 1 N–H and O–H groups in total. The van der Waals surface area contributed by atoms with Crippen molar-refractivity contribution in [2.75, 3.05) is 19.1 Å². The van der Waals surface area contributed by atoms with Gasteiger partial charge >= 0.3 is 5.91 Å². The Morgan fingerprint density at radius 2 is 1.69 bits per heavy atom. The first-order chi connectivity index (χ1) is 17.3. The summed E-state index contributed by atoms with van der Waals surface area (Å²) >= 11 is 1.34. The van der Waals surface area contributed by atoms with Gasteiger partial charge in [0.1, 0.15) is 17.3 Å². The van der Waals surface area contributed by atoms with Gasteiger partial charge < -0.3 is 14.6 Å². The highest BCUT2D eigenvalue weighted by molar-refractivity contribution is 7.22. The lowest BCUT2D eigenvalue weighted by Crippen LogP contribution is -2.29. The highest BCUT2D eigenvalue weighted by atomic mass is 32.1. The van der Waals surface area contributed by atoms with E-state index in [1.807, 2.05) is 26.0 Å². The number of aryl methyl sites for hydroxylation is 2. The number of hydrogen-bond donors (Lipinski definition) is 1. The van der Waals surface area contributed by atoms with E-state index in [4.69, 9.17) is 14.5 Å². The highest BCUT2D eigenvalue weighted by Crippen LogP contribution is 2.45. The molecule has 1 fully saturated rings. The second-order valence-electron chi connectivity index (χ2n) is 8.60. The molecule has 5 rings (SSSR count). The molecule has 0 saturated carbocycles. The molecule has 0 aliphatic carbocycles. The lowest BCUT2D eigenvalue weighted by molar-refractivity contribution is -0.132. The Bertz CT molecular complexity index is 1540. The maximum absolute atomic E-state index is 13.5. The number of ether oxygens (including phenoxy) is 2. The van der Waals surface area contributed by atoms with Crippen molar-refractivity contribution in [3.05, 3.63) is 88.5 Å². The van der Waals surface area contributed by atoms with Crippen LogP contribution in [0.3, 0.4) is 0 Å². The summed E-state index contributed by atoms with van der Waals surface area (Å²) in [6.07, 6.45) is 0. The minimum Gasteiger partial charge on any atom is -0.507 e. The maximum Gasteiger partial charge on any atom is 0.301 e. The number of amides is 1. The van der Waals surface area contributed by atoms with Crippen LogP contribution in [0.5, 0.6) is 11.5 Å². The third-order valence-electron chi connectivity index (χ3n) is 6.24. The molecule has 1 amide bonds. The number of Topliss-reactive ketones (excluding diaryl/α,β-unsaturated/α-hetero) is 1. The van der Waals surface area contributed by atoms with Gasteiger partial charge in [0.15, 0.2) is 5.13 Å². The molecular formula is C28H24N2O5S. The Morgan fingerprint density at radius 1 is 0.972 bits per heavy atom. The van der Waals surface area contributed by atoms with Crippen LogP contribution in [0.25, 0.3) is 16.0 Å². The van der Waals surface area contributed by atoms with Crippen molar-refractivity contribution in [1.82, 2.24) is 4.98 Å². The lowest BCUT2D eigenvalue weighted by Gasteiger charge is -2.23. The molecule has 0 spiro atoms. The first-order valence-electron chi connectivity index (χ1n) is 11.3. The maximum atomic E-state index is 13.5. The first kappa shape index (κ1) is 23.6. The number of methoxy groups -OCH3 is 2. The molecule has 182 valence electrons. The molecule has 1 atom stereocenters. The quantitative estimate of drug-likeness (QED) is 0.219. The Morgan fingerprint density at radius 3 is 2.39 bits per heavy atom. The van der Waals surface area contributed by atoms with Crippen LogP contribution in [0, 0.1) is 13.8 Å². The van der Waals surface area contributed by atoms with Crippen molar-refractivity contribution >= 4 is 44.1 Å². The van der Waals surface area contributed by atoms with Crippen molar-refractivity contribution in [2.24, 2.45) is 0 Å². The molecule has 1 aliphatic rings. The fourth-order valence-corrected chi connectivity index (χ4v) is 5.69. The minimum atomic E-state index is -0.885. The minimum absolute atomic E-state index is 0.00872. The van der Waals surface area contributed by atoms with E-state index in [1.54, 1.807) is 62.8 Å². The summed E-state index contributed by atoms with van der Waals surface area (Å²) in [7, 11) is 3.09. The molecule has 0 radical (unpaired) electrons. The van der Waals surface area contributed by atoms with E-state index in [-0.39, 0.29) is 11.3 Å². The fraction of sp³-hybridized carbons (Fsp3) is 0.179. The molecule has 1 saturated heterocycles. The molecule has 1 aromatic heterocycles. The predicted molar refractivity (Wildman–Crippen MR) is 140 cm³/mol. The standard InChI is InChI=1S/C28H24N2O5S/c1-15-12-16(2)23-21(13-15)36-28(29-23)30-24(18-6-5-7-20(14-18)35-4)22(26(32)27(30)33)25(31)17-8-10-19(34-3)11-9-17/h5-14,24,31H,1-4H3. The molecule has 0 bridgehead atoms. The summed E-state index contributed by atoms with van der Waals surface area (Å²) in [5.74, 6) is -0.608. The van der Waals surface area contributed by atoms with Crippen LogP contribution in [0.1, 0.15) is 28.3 Å². The third-order valence-corrected chi connectivity index (χ3v) is 7.24. The largest absolute Gasteiger partial charge is 0.507 e. The van der Waals surface area contributed by atoms with E-state index in [0.717, 1.165) is 21.3 Å². The molecule has 1 aliphatic heterocycles. The number of ketones is 1. The van der Waals surface area contributed by atoms with Crippen molar-refractivity contribution in [1.29, 1.82) is 0 Å². The van der Waals surface area contributed by atoms with Crippen molar-refractivity contribution in [3.8, 4) is 11.5 Å². The van der Waals surface area contributed by atoms with Gasteiger partial charge in [-0.1, -0.05) is 29.5 Å². The average Bonchev–Trinajstić information content (AvgIpc) is 3.42. The van der Waals surface area contributed by atoms with Gasteiger partial charge in [0.2, 0.25) is 0 Å². The number of aromatic nitrogens is 1. The van der Waals surface area contributed by atoms with Crippen LogP contribution >= 0.6 is 11.3 Å². The number of carbonyl (C=O) groups excluding carboxylic acids is 2. The summed E-state index contributed by atoms with van der Waals surface area (Å²) in [6.45, 7) is 3.97. The molecule has 36 heavy (non-hydrogen) atoms. The van der Waals surface area contributed by atoms with Crippen molar-refractivity contribution < 1.29 is 24.2 Å². The lowest BCUT2D eigenvalue weighted by atomic mass is 9.95. The number of aliphatic hydroxyl groups excluding tert-OH is 1. The Balaban J connectivity index is 1.73. The Kier molecular flexibility index (Phi) is 5.97. The summed E-state index contributed by atoms with van der Waals surface area (Å²) in [6, 6.07) is 16.9. The monoisotopic (exact) mass is 500 g/mol. The zero-order chi connectivity index (χ0) is 25.6. The molecular weight excluding hydrogens is 476 g/mol. The van der Waals surface area contributed by atoms with E-state index in [0.29, 0.717) is 27.8 Å². The molecule has 2 heterocycles. The van der Waals surface area contributed by atoms with Gasteiger partial charge in [-0.05, 0) is 73.0 Å². The molecule has 3 aromatic carbocycles. The summed E-state index contributed by atoms with van der Waals surface area (Å²) in [5.41, 5.74) is 3.86. The second kappa shape index (κ2) is 9.13. The zero-order valence-electron chi connectivity index (χ0n) is 20.2. The van der Waals surface area contributed by atoms with E-state index >= 15 is 0 Å². The molecule has 8 heteroatoms. The van der Waals surface area contributed by atoms with Gasteiger partial charge in [-0.15, -0.1) is 0 Å². The van der Waals surface area contributed by atoms with Crippen molar-refractivity contribution in [2.45, 2.75) is 19.9 Å². The number of aliphatic hydroxyl groups is 1. The number of hydrogen-bond acceptors (Lipinski definition) is 7. The highest BCUT2D eigenvalue weighted by Gasteiger charge is 2.48. The van der Waals surface area contributed by atoms with Crippen LogP contribution < -0.4 is 14.4 Å². The van der Waals surface area contributed by atoms with Crippen LogP contribution in [0.4, 0.5) is 5.13 Å². The van der Waals surface area contributed by atoms with Gasteiger partial charge in [0.25, 0.3) is 5.78 Å². The Hall–Kier alpha value is -4.17. The second-order valence-corrected chi connectivity index (χ2v) is 9.61. The predicted octanol–water partition coefficient (Wildman–Crippen LogP) is 5.56. The summed E-state index contributed by atoms with van der Waals surface area (Å²) < 4.78 is 11.5. The van der Waals surface area contributed by atoms with E-state index < -0.39 is 17.7 Å². The third kappa shape index (κ3) is 3.89. The number of carbonyl (C=O) groups is 2. The normalized spacial score (nSPS) is 17.1. The number of anilines is 1. The number of benzene rings is 3. The van der Waals surface area contributed by atoms with Crippen molar-refractivity contribution in [3.63, 3.8) is 0 Å². The zero-order valence-corrected chi connectivity index (χ0v) is 21.1. The number of fused-ring (bicyclic) bond motifs is 1. The van der Waals surface area contributed by atoms with Crippen LogP contribution in [0.15, 0.2) is 66.2 Å². The fourth-order valence-electron chi connectivity index (χ4n) is 4.52. The van der Waals surface area contributed by atoms with E-state index in [9.17, 15) is 14.7 Å². The van der Waals surface area contributed by atoms with E-state index in [2.05, 4.69) is 0 Å². The molecule has 7 nitrogen and oxygen atoms in total. The first-order valence-corrected chi connectivity index (χ1v) is 12.1. The average molecular weight is 501 g/mol. The molecule has 4 aromatic rings. The number of thiazole rings is 1. The Labute approximate surface area is 212 Å². The summed E-state index contributed by atoms with van der Waals surface area (Å²) in [5, 5.41) is 11.7. The van der Waals surface area contributed by atoms with Gasteiger partial charge in [0, 0.05) is 5.56 Å². The van der Waals surface area contributed by atoms with Gasteiger partial charge in [-0.3, -0.25) is 14.5 Å². The molecule has 1 unspecified atom stereocenters. The van der Waals surface area contributed by atoms with Crippen LogP contribution in [0.2, 0.25) is 0 Å². The number of rotatable bonds is 5.